The minimum Gasteiger partial charge on any atom is -0.491 e. The van der Waals surface area contributed by atoms with Crippen LogP contribution in [0.2, 0.25) is 0 Å². The molecule has 6 nitrogen and oxygen atoms in total. The summed E-state index contributed by atoms with van der Waals surface area (Å²) in [5, 5.41) is 8.81. The second-order valence-electron chi connectivity index (χ2n) is 8.04. The lowest BCUT2D eigenvalue weighted by Gasteiger charge is -2.14. The highest BCUT2D eigenvalue weighted by Crippen LogP contribution is 2.24. The number of carbonyl (C=O) groups is 2. The zero-order chi connectivity index (χ0) is 23.5. The Hall–Kier alpha value is -3.80. The SMILES string of the molecule is CC(C)NC(=O)c1cccc(NC(=O)CNc2ccccc2OCCCc2ccccc2)c1. The highest BCUT2D eigenvalue weighted by Gasteiger charge is 2.10. The van der Waals surface area contributed by atoms with Gasteiger partial charge in [-0.1, -0.05) is 48.5 Å². The van der Waals surface area contributed by atoms with Crippen molar-refractivity contribution in [3.05, 3.63) is 90.0 Å². The van der Waals surface area contributed by atoms with Gasteiger partial charge in [-0.3, -0.25) is 9.59 Å². The summed E-state index contributed by atoms with van der Waals surface area (Å²) in [7, 11) is 0. The second kappa shape index (κ2) is 12.3. The van der Waals surface area contributed by atoms with Gasteiger partial charge in [0.15, 0.2) is 0 Å². The summed E-state index contributed by atoms with van der Waals surface area (Å²) in [5.74, 6) is 0.332. The number of hydrogen-bond acceptors (Lipinski definition) is 4. The van der Waals surface area contributed by atoms with Gasteiger partial charge < -0.3 is 20.7 Å². The maximum atomic E-state index is 12.5. The van der Waals surface area contributed by atoms with E-state index in [4.69, 9.17) is 4.74 Å². The molecule has 0 fully saturated rings. The van der Waals surface area contributed by atoms with Crippen molar-refractivity contribution in [3.63, 3.8) is 0 Å². The van der Waals surface area contributed by atoms with Gasteiger partial charge in [-0.2, -0.15) is 0 Å². The smallest absolute Gasteiger partial charge is 0.251 e. The Bertz CT molecular complexity index is 1050. The average Bonchev–Trinajstić information content (AvgIpc) is 2.81. The Morgan fingerprint density at radius 3 is 2.45 bits per heavy atom. The normalized spacial score (nSPS) is 10.5. The molecule has 0 unspecified atom stereocenters. The lowest BCUT2D eigenvalue weighted by molar-refractivity contribution is -0.114. The van der Waals surface area contributed by atoms with E-state index in [9.17, 15) is 9.59 Å². The standard InChI is InChI=1S/C27H31N3O3/c1-20(2)29-27(32)22-13-8-14-23(18-22)30-26(31)19-28-24-15-6-7-16-25(24)33-17-9-12-21-10-4-3-5-11-21/h3-8,10-11,13-16,18,20,28H,9,12,17,19H2,1-2H3,(H,29,32)(H,30,31). The molecular weight excluding hydrogens is 414 g/mol. The molecule has 0 radical (unpaired) electrons. The molecule has 0 atom stereocenters. The monoisotopic (exact) mass is 445 g/mol. The summed E-state index contributed by atoms with van der Waals surface area (Å²) in [5.41, 5.74) is 3.12. The van der Waals surface area contributed by atoms with Crippen molar-refractivity contribution in [3.8, 4) is 5.75 Å². The molecule has 0 saturated heterocycles. The number of ether oxygens (including phenoxy) is 1. The molecule has 6 heteroatoms. The fraction of sp³-hybridized carbons (Fsp3) is 0.259. The van der Waals surface area contributed by atoms with Gasteiger partial charge in [0, 0.05) is 17.3 Å². The molecule has 3 aromatic carbocycles. The number of para-hydroxylation sites is 2. The summed E-state index contributed by atoms with van der Waals surface area (Å²) in [6.45, 7) is 4.47. The Labute approximate surface area is 195 Å². The average molecular weight is 446 g/mol. The fourth-order valence-corrected chi connectivity index (χ4v) is 3.31. The molecule has 0 aliphatic heterocycles. The van der Waals surface area contributed by atoms with Gasteiger partial charge in [-0.05, 0) is 62.6 Å². The Balaban J connectivity index is 1.49. The van der Waals surface area contributed by atoms with Gasteiger partial charge in [0.2, 0.25) is 5.91 Å². The number of anilines is 2. The third kappa shape index (κ3) is 8.00. The van der Waals surface area contributed by atoms with Crippen molar-refractivity contribution in [1.29, 1.82) is 0 Å². The van der Waals surface area contributed by atoms with Crippen molar-refractivity contribution >= 4 is 23.2 Å². The predicted molar refractivity (Wildman–Crippen MR) is 133 cm³/mol. The van der Waals surface area contributed by atoms with Crippen molar-refractivity contribution in [2.45, 2.75) is 32.7 Å². The van der Waals surface area contributed by atoms with Crippen LogP contribution in [0, 0.1) is 0 Å². The van der Waals surface area contributed by atoms with E-state index in [2.05, 4.69) is 28.1 Å². The van der Waals surface area contributed by atoms with Gasteiger partial charge in [-0.25, -0.2) is 0 Å². The van der Waals surface area contributed by atoms with Crippen molar-refractivity contribution in [2.75, 3.05) is 23.8 Å². The molecule has 0 heterocycles. The number of nitrogens with one attached hydrogen (secondary N) is 3. The van der Waals surface area contributed by atoms with Gasteiger partial charge in [0.05, 0.1) is 18.8 Å². The number of benzene rings is 3. The molecule has 33 heavy (non-hydrogen) atoms. The maximum absolute atomic E-state index is 12.5. The lowest BCUT2D eigenvalue weighted by Crippen LogP contribution is -2.30. The molecule has 172 valence electrons. The predicted octanol–water partition coefficient (Wildman–Crippen LogP) is 4.89. The molecule has 3 aromatic rings. The van der Waals surface area contributed by atoms with Crippen LogP contribution in [0.15, 0.2) is 78.9 Å². The fourth-order valence-electron chi connectivity index (χ4n) is 3.31. The number of hydrogen-bond donors (Lipinski definition) is 3. The maximum Gasteiger partial charge on any atom is 0.251 e. The first-order chi connectivity index (χ1) is 16.0. The quantitative estimate of drug-likeness (QED) is 0.367. The number of carbonyl (C=O) groups excluding carboxylic acids is 2. The first kappa shape index (κ1) is 23.9. The van der Waals surface area contributed by atoms with E-state index < -0.39 is 0 Å². The molecule has 3 N–H and O–H groups in total. The molecule has 0 saturated carbocycles. The third-order valence-electron chi connectivity index (χ3n) is 4.86. The molecule has 0 bridgehead atoms. The first-order valence-electron chi connectivity index (χ1n) is 11.2. The van der Waals surface area contributed by atoms with E-state index in [-0.39, 0.29) is 24.4 Å². The Kier molecular flexibility index (Phi) is 8.88. The van der Waals surface area contributed by atoms with Crippen LogP contribution in [0.5, 0.6) is 5.75 Å². The lowest BCUT2D eigenvalue weighted by atomic mass is 10.1. The van der Waals surface area contributed by atoms with Crippen LogP contribution >= 0.6 is 0 Å². The van der Waals surface area contributed by atoms with E-state index in [1.54, 1.807) is 24.3 Å². The molecular formula is C27H31N3O3. The Morgan fingerprint density at radius 1 is 0.909 bits per heavy atom. The van der Waals surface area contributed by atoms with E-state index in [0.717, 1.165) is 18.5 Å². The third-order valence-corrected chi connectivity index (χ3v) is 4.86. The number of rotatable bonds is 11. The molecule has 2 amide bonds. The highest BCUT2D eigenvalue weighted by atomic mass is 16.5. The van der Waals surface area contributed by atoms with E-state index in [1.165, 1.54) is 5.56 Å². The summed E-state index contributed by atoms with van der Waals surface area (Å²) in [4.78, 5) is 24.6. The summed E-state index contributed by atoms with van der Waals surface area (Å²) in [6, 6.07) is 24.8. The second-order valence-corrected chi connectivity index (χ2v) is 8.04. The van der Waals surface area contributed by atoms with Crippen LogP contribution in [-0.2, 0) is 11.2 Å². The Morgan fingerprint density at radius 2 is 1.67 bits per heavy atom. The van der Waals surface area contributed by atoms with Crippen LogP contribution in [-0.4, -0.2) is 31.0 Å². The molecule has 0 spiro atoms. The topological polar surface area (TPSA) is 79.5 Å². The highest BCUT2D eigenvalue weighted by molar-refractivity contribution is 5.98. The molecule has 0 aliphatic carbocycles. The van der Waals surface area contributed by atoms with Gasteiger partial charge in [0.25, 0.3) is 5.91 Å². The van der Waals surface area contributed by atoms with Crippen LogP contribution in [0.3, 0.4) is 0 Å². The van der Waals surface area contributed by atoms with E-state index >= 15 is 0 Å². The van der Waals surface area contributed by atoms with Crippen LogP contribution in [0.1, 0.15) is 36.2 Å². The molecule has 0 aromatic heterocycles. The van der Waals surface area contributed by atoms with E-state index in [0.29, 0.717) is 23.6 Å². The first-order valence-corrected chi connectivity index (χ1v) is 11.2. The summed E-state index contributed by atoms with van der Waals surface area (Å²) < 4.78 is 5.94. The number of aryl methyl sites for hydroxylation is 1. The minimum absolute atomic E-state index is 0.0422. The minimum atomic E-state index is -0.213. The molecule has 0 aliphatic rings. The zero-order valence-corrected chi connectivity index (χ0v) is 19.1. The van der Waals surface area contributed by atoms with Crippen molar-refractivity contribution in [2.24, 2.45) is 0 Å². The largest absolute Gasteiger partial charge is 0.491 e. The van der Waals surface area contributed by atoms with Gasteiger partial charge in [0.1, 0.15) is 5.75 Å². The summed E-state index contributed by atoms with van der Waals surface area (Å²) >= 11 is 0. The molecule has 3 rings (SSSR count). The van der Waals surface area contributed by atoms with Crippen molar-refractivity contribution in [1.82, 2.24) is 5.32 Å². The van der Waals surface area contributed by atoms with Crippen LogP contribution in [0.25, 0.3) is 0 Å². The van der Waals surface area contributed by atoms with Gasteiger partial charge >= 0.3 is 0 Å². The van der Waals surface area contributed by atoms with Crippen molar-refractivity contribution < 1.29 is 14.3 Å². The van der Waals surface area contributed by atoms with Gasteiger partial charge in [-0.15, -0.1) is 0 Å². The van der Waals surface area contributed by atoms with E-state index in [1.807, 2.05) is 56.3 Å². The summed E-state index contributed by atoms with van der Waals surface area (Å²) in [6.07, 6.45) is 1.85. The van der Waals surface area contributed by atoms with Crippen LogP contribution < -0.4 is 20.7 Å². The number of amides is 2. The zero-order valence-electron chi connectivity index (χ0n) is 19.1. The van der Waals surface area contributed by atoms with Crippen LogP contribution in [0.4, 0.5) is 11.4 Å².